The van der Waals surface area contributed by atoms with E-state index < -0.39 is 0 Å². The fourth-order valence-electron chi connectivity index (χ4n) is 7.53. The summed E-state index contributed by atoms with van der Waals surface area (Å²) >= 11 is 0. The lowest BCUT2D eigenvalue weighted by Crippen LogP contribution is -2.56. The Morgan fingerprint density at radius 1 is 0.977 bits per heavy atom. The Hall–Kier alpha value is -2.88. The standard InChI is InChI=1S/C35H52N4O5/c1-9-39(28-11-22(4)42-23(5)12-28)33-16-30(44-29-13-27(14-29)38-18-24(6)43-25(7)19-38)15-31(26(33)8)34(40)36-17-32-20(2)10-21(3)37-35(32)41/h10,15-16,22-25,27-29H,9,11-14,17-19H2,1-8H3,(H,36,40)(H,37,41). The van der Waals surface area contributed by atoms with Gasteiger partial charge in [-0.2, -0.15) is 0 Å². The number of benzene rings is 1. The molecule has 2 N–H and O–H groups in total. The minimum Gasteiger partial charge on any atom is -0.490 e. The molecule has 1 amide bonds. The third kappa shape index (κ3) is 7.32. The van der Waals surface area contributed by atoms with Gasteiger partial charge in [-0.25, -0.2) is 0 Å². The number of carbonyl (C=O) groups excluding carboxylic acids is 1. The van der Waals surface area contributed by atoms with Crippen LogP contribution in [0.25, 0.3) is 0 Å². The molecular formula is C35H52N4O5. The van der Waals surface area contributed by atoms with E-state index in [1.54, 1.807) is 0 Å². The van der Waals surface area contributed by atoms with Gasteiger partial charge in [-0.3, -0.25) is 14.5 Å². The highest BCUT2D eigenvalue weighted by molar-refractivity contribution is 5.97. The molecule has 3 fully saturated rings. The third-order valence-corrected chi connectivity index (χ3v) is 9.62. The molecule has 2 aliphatic heterocycles. The summed E-state index contributed by atoms with van der Waals surface area (Å²) in [6.07, 6.45) is 4.73. The van der Waals surface area contributed by atoms with Crippen LogP contribution in [0.15, 0.2) is 23.0 Å². The number of H-pyrrole nitrogens is 1. The predicted molar refractivity (Wildman–Crippen MR) is 174 cm³/mol. The maximum atomic E-state index is 13.8. The van der Waals surface area contributed by atoms with Crippen molar-refractivity contribution in [3.63, 3.8) is 0 Å². The summed E-state index contributed by atoms with van der Waals surface area (Å²) in [7, 11) is 0. The molecule has 242 valence electrons. The molecule has 4 atom stereocenters. The monoisotopic (exact) mass is 608 g/mol. The third-order valence-electron chi connectivity index (χ3n) is 9.62. The number of hydrogen-bond acceptors (Lipinski definition) is 7. The highest BCUT2D eigenvalue weighted by atomic mass is 16.5. The van der Waals surface area contributed by atoms with E-state index in [9.17, 15) is 9.59 Å². The Balaban J connectivity index is 1.39. The lowest BCUT2D eigenvalue weighted by atomic mass is 9.87. The van der Waals surface area contributed by atoms with Gasteiger partial charge in [-0.1, -0.05) is 0 Å². The lowest BCUT2D eigenvalue weighted by Gasteiger charge is -2.47. The van der Waals surface area contributed by atoms with Crippen LogP contribution in [-0.4, -0.2) is 78.0 Å². The van der Waals surface area contributed by atoms with Gasteiger partial charge in [0.15, 0.2) is 0 Å². The summed E-state index contributed by atoms with van der Waals surface area (Å²) in [4.78, 5) is 34.2. The van der Waals surface area contributed by atoms with Crippen molar-refractivity contribution in [1.29, 1.82) is 0 Å². The summed E-state index contributed by atoms with van der Waals surface area (Å²) < 4.78 is 18.6. The zero-order valence-electron chi connectivity index (χ0n) is 27.9. The van der Waals surface area contributed by atoms with Crippen molar-refractivity contribution in [2.45, 2.75) is 130 Å². The minimum absolute atomic E-state index is 0.104. The van der Waals surface area contributed by atoms with Crippen LogP contribution in [0.2, 0.25) is 0 Å². The van der Waals surface area contributed by atoms with Crippen LogP contribution in [-0.2, 0) is 16.0 Å². The number of aromatic nitrogens is 1. The number of nitrogens with one attached hydrogen (secondary N) is 2. The molecule has 9 heteroatoms. The number of nitrogens with zero attached hydrogens (tertiary/aromatic N) is 2. The first-order chi connectivity index (χ1) is 20.9. The topological polar surface area (TPSA) is 96.1 Å². The van der Waals surface area contributed by atoms with E-state index in [1.807, 2.05) is 32.9 Å². The van der Waals surface area contributed by atoms with Crippen molar-refractivity contribution in [3.8, 4) is 5.75 Å². The number of aromatic amines is 1. The lowest BCUT2D eigenvalue weighted by molar-refractivity contribution is -0.103. The number of carbonyl (C=O) groups is 1. The number of anilines is 1. The summed E-state index contributed by atoms with van der Waals surface area (Å²) in [5.41, 5.74) is 4.60. The molecule has 3 aliphatic rings. The van der Waals surface area contributed by atoms with Gasteiger partial charge in [-0.05, 0) is 91.5 Å². The maximum absolute atomic E-state index is 13.8. The van der Waals surface area contributed by atoms with Crippen LogP contribution >= 0.6 is 0 Å². The van der Waals surface area contributed by atoms with E-state index in [2.05, 4.69) is 60.8 Å². The highest BCUT2D eigenvalue weighted by Gasteiger charge is 2.38. The zero-order valence-corrected chi connectivity index (χ0v) is 27.9. The van der Waals surface area contributed by atoms with Gasteiger partial charge in [-0.15, -0.1) is 0 Å². The van der Waals surface area contributed by atoms with Crippen molar-refractivity contribution in [1.82, 2.24) is 15.2 Å². The van der Waals surface area contributed by atoms with Gasteiger partial charge in [0.2, 0.25) is 0 Å². The van der Waals surface area contributed by atoms with Crippen molar-refractivity contribution in [2.24, 2.45) is 0 Å². The van der Waals surface area contributed by atoms with Gasteiger partial charge in [0.05, 0.1) is 24.4 Å². The molecule has 0 radical (unpaired) electrons. The SMILES string of the molecule is CCN(c1cc(OC2CC(N3CC(C)OC(C)C3)C2)cc(C(=O)NCc2c(C)cc(C)[nH]c2=O)c1C)C1CC(C)OC(C)C1. The highest BCUT2D eigenvalue weighted by Crippen LogP contribution is 2.37. The molecule has 2 saturated heterocycles. The molecule has 44 heavy (non-hydrogen) atoms. The summed E-state index contributed by atoms with van der Waals surface area (Å²) in [6.45, 7) is 19.4. The van der Waals surface area contributed by atoms with Crippen molar-refractivity contribution in [3.05, 3.63) is 56.5 Å². The predicted octanol–water partition coefficient (Wildman–Crippen LogP) is 5.03. The van der Waals surface area contributed by atoms with Gasteiger partial charge in [0.25, 0.3) is 11.5 Å². The molecule has 1 aromatic heterocycles. The summed E-state index contributed by atoms with van der Waals surface area (Å²) in [6, 6.07) is 6.74. The zero-order chi connectivity index (χ0) is 31.7. The van der Waals surface area contributed by atoms with Crippen LogP contribution in [0.5, 0.6) is 5.75 Å². The van der Waals surface area contributed by atoms with E-state index >= 15 is 0 Å². The number of morpholine rings is 1. The van der Waals surface area contributed by atoms with Crippen LogP contribution < -0.4 is 20.5 Å². The molecular weight excluding hydrogens is 556 g/mol. The van der Waals surface area contributed by atoms with Gasteiger partial charge >= 0.3 is 0 Å². The number of amides is 1. The number of ether oxygens (including phenoxy) is 3. The number of pyridine rings is 1. The van der Waals surface area contributed by atoms with Gasteiger partial charge in [0, 0.05) is 79.7 Å². The molecule has 2 aromatic rings. The van der Waals surface area contributed by atoms with E-state index in [4.69, 9.17) is 14.2 Å². The summed E-state index contributed by atoms with van der Waals surface area (Å²) in [5.74, 6) is 0.514. The average Bonchev–Trinajstić information content (AvgIpc) is 2.90. The average molecular weight is 609 g/mol. The largest absolute Gasteiger partial charge is 0.490 e. The van der Waals surface area contributed by atoms with Crippen molar-refractivity contribution in [2.75, 3.05) is 24.5 Å². The molecule has 0 bridgehead atoms. The molecule has 9 nitrogen and oxygen atoms in total. The Bertz CT molecular complexity index is 1370. The number of hydrogen-bond donors (Lipinski definition) is 2. The molecule has 4 unspecified atom stereocenters. The van der Waals surface area contributed by atoms with Crippen LogP contribution in [0.1, 0.15) is 93.0 Å². The van der Waals surface area contributed by atoms with Crippen molar-refractivity contribution >= 4 is 11.6 Å². The molecule has 1 saturated carbocycles. The van der Waals surface area contributed by atoms with Gasteiger partial charge in [0.1, 0.15) is 11.9 Å². The molecule has 1 aromatic carbocycles. The second-order valence-electron chi connectivity index (χ2n) is 13.5. The first-order valence-corrected chi connectivity index (χ1v) is 16.5. The Morgan fingerprint density at radius 3 is 2.23 bits per heavy atom. The van der Waals surface area contributed by atoms with E-state index in [0.717, 1.165) is 73.6 Å². The Kier molecular flexibility index (Phi) is 10.1. The van der Waals surface area contributed by atoms with Gasteiger partial charge < -0.3 is 29.4 Å². The molecule has 1 aliphatic carbocycles. The normalized spacial score (nSPS) is 29.1. The minimum atomic E-state index is -0.207. The fraction of sp³-hybridized carbons (Fsp3) is 0.657. The maximum Gasteiger partial charge on any atom is 0.253 e. The van der Waals surface area contributed by atoms with Crippen LogP contribution in [0.4, 0.5) is 5.69 Å². The summed E-state index contributed by atoms with van der Waals surface area (Å²) in [5, 5.41) is 3.03. The second-order valence-corrected chi connectivity index (χ2v) is 13.5. The first kappa shape index (κ1) is 32.5. The number of rotatable bonds is 9. The van der Waals surface area contributed by atoms with E-state index in [-0.39, 0.29) is 48.5 Å². The van der Waals surface area contributed by atoms with E-state index in [1.165, 1.54) is 0 Å². The number of aryl methyl sites for hydroxylation is 2. The molecule has 0 spiro atoms. The van der Waals surface area contributed by atoms with Crippen LogP contribution in [0, 0.1) is 20.8 Å². The first-order valence-electron chi connectivity index (χ1n) is 16.5. The quantitative estimate of drug-likeness (QED) is 0.412. The Morgan fingerprint density at radius 2 is 1.61 bits per heavy atom. The molecule has 5 rings (SSSR count). The fourth-order valence-corrected chi connectivity index (χ4v) is 7.53. The second kappa shape index (κ2) is 13.6. The van der Waals surface area contributed by atoms with Crippen molar-refractivity contribution < 1.29 is 19.0 Å². The van der Waals surface area contributed by atoms with Crippen LogP contribution in [0.3, 0.4) is 0 Å². The smallest absolute Gasteiger partial charge is 0.253 e. The Labute approximate surface area is 262 Å². The molecule has 3 heterocycles. The van der Waals surface area contributed by atoms with E-state index in [0.29, 0.717) is 23.2 Å².